The van der Waals surface area contributed by atoms with Gasteiger partial charge in [-0.3, -0.25) is 0 Å². The van der Waals surface area contributed by atoms with Gasteiger partial charge in [0.05, 0.1) is 17.9 Å². The monoisotopic (exact) mass is 380 g/mol. The number of pyridine rings is 1. The summed E-state index contributed by atoms with van der Waals surface area (Å²) in [5.74, 6) is 6.28. The van der Waals surface area contributed by atoms with Crippen molar-refractivity contribution in [1.82, 2.24) is 14.4 Å². The van der Waals surface area contributed by atoms with E-state index in [0.717, 1.165) is 33.7 Å². The first kappa shape index (κ1) is 19.0. The maximum atomic E-state index is 5.45. The van der Waals surface area contributed by atoms with Crippen LogP contribution in [-0.4, -0.2) is 31.0 Å². The standard InChI is InChI=1S/C13H16N6S.C7H8/c1-9-8-20-13(16-14)19(17-9)7-11-10(2)15-12-5-3-4-6-18(11)12;1-7-5-3-2-4-6-7/h3-6H,7-8,14H2,1-2H3;2-6H,1H3/b16-13+;. The van der Waals surface area contributed by atoms with Crippen LogP contribution < -0.4 is 5.84 Å². The maximum absolute atomic E-state index is 5.45. The number of rotatable bonds is 2. The summed E-state index contributed by atoms with van der Waals surface area (Å²) in [4.78, 5) is 4.56. The van der Waals surface area contributed by atoms with Crippen molar-refractivity contribution in [3.8, 4) is 0 Å². The molecule has 3 heterocycles. The van der Waals surface area contributed by atoms with Gasteiger partial charge in [0, 0.05) is 17.7 Å². The van der Waals surface area contributed by atoms with Crippen molar-refractivity contribution < 1.29 is 0 Å². The molecule has 0 saturated carbocycles. The molecule has 140 valence electrons. The Morgan fingerprint density at radius 2 is 1.81 bits per heavy atom. The fourth-order valence-corrected chi connectivity index (χ4v) is 3.48. The van der Waals surface area contributed by atoms with Crippen LogP contribution in [0.4, 0.5) is 0 Å². The minimum Gasteiger partial charge on any atom is -0.321 e. The molecule has 0 spiro atoms. The third-order valence-electron chi connectivity index (χ3n) is 4.10. The van der Waals surface area contributed by atoms with Gasteiger partial charge < -0.3 is 10.2 Å². The van der Waals surface area contributed by atoms with Gasteiger partial charge >= 0.3 is 0 Å². The van der Waals surface area contributed by atoms with Crippen molar-refractivity contribution in [2.45, 2.75) is 27.3 Å². The van der Waals surface area contributed by atoms with Crippen LogP contribution in [0.2, 0.25) is 0 Å². The molecule has 0 amide bonds. The number of fused-ring (bicyclic) bond motifs is 1. The van der Waals surface area contributed by atoms with Gasteiger partial charge in [0.2, 0.25) is 5.17 Å². The minimum absolute atomic E-state index is 0.609. The number of aryl methyl sites for hydroxylation is 2. The van der Waals surface area contributed by atoms with E-state index in [9.17, 15) is 0 Å². The largest absolute Gasteiger partial charge is 0.321 e. The zero-order valence-electron chi connectivity index (χ0n) is 15.8. The van der Waals surface area contributed by atoms with Gasteiger partial charge in [0.1, 0.15) is 5.65 Å². The highest BCUT2D eigenvalue weighted by Gasteiger charge is 2.20. The predicted molar refractivity (Wildman–Crippen MR) is 114 cm³/mol. The van der Waals surface area contributed by atoms with E-state index in [1.165, 1.54) is 5.56 Å². The molecule has 1 aliphatic rings. The first-order valence-corrected chi connectivity index (χ1v) is 9.73. The normalized spacial score (nSPS) is 15.4. The molecule has 1 aromatic carbocycles. The third kappa shape index (κ3) is 4.68. The fraction of sp³-hybridized carbons (Fsp3) is 0.250. The molecule has 6 nitrogen and oxygen atoms in total. The molecule has 0 atom stereocenters. The van der Waals surface area contributed by atoms with E-state index in [0.29, 0.717) is 6.54 Å². The SMILES string of the molecule is CC1=NN(Cc2c(C)nc3ccccn23)/C(=N\N)SC1.Cc1ccccc1. The lowest BCUT2D eigenvalue weighted by atomic mass is 10.2. The topological polar surface area (TPSA) is 71.3 Å². The first-order valence-electron chi connectivity index (χ1n) is 8.75. The van der Waals surface area contributed by atoms with Crippen LogP contribution in [0.3, 0.4) is 0 Å². The van der Waals surface area contributed by atoms with Crippen LogP contribution in [0.1, 0.15) is 23.9 Å². The van der Waals surface area contributed by atoms with Crippen LogP contribution in [0.25, 0.3) is 5.65 Å². The Morgan fingerprint density at radius 3 is 2.48 bits per heavy atom. The van der Waals surface area contributed by atoms with Crippen LogP contribution >= 0.6 is 11.8 Å². The molecule has 27 heavy (non-hydrogen) atoms. The number of hydrogen-bond donors (Lipinski definition) is 1. The van der Waals surface area contributed by atoms with E-state index in [4.69, 9.17) is 5.84 Å². The van der Waals surface area contributed by atoms with Crippen LogP contribution in [0.15, 0.2) is 64.9 Å². The highest BCUT2D eigenvalue weighted by Crippen LogP contribution is 2.21. The second-order valence-electron chi connectivity index (χ2n) is 6.32. The average molecular weight is 381 g/mol. The first-order chi connectivity index (χ1) is 13.1. The number of benzene rings is 1. The van der Waals surface area contributed by atoms with Crippen molar-refractivity contribution in [3.05, 3.63) is 71.7 Å². The Kier molecular flexibility index (Phi) is 6.13. The molecule has 2 aromatic heterocycles. The number of aromatic nitrogens is 2. The average Bonchev–Trinajstić information content (AvgIpc) is 2.99. The molecule has 7 heteroatoms. The number of imidazole rings is 1. The molecule has 0 radical (unpaired) electrons. The lowest BCUT2D eigenvalue weighted by molar-refractivity contribution is 0.435. The van der Waals surface area contributed by atoms with Crippen LogP contribution in [0.5, 0.6) is 0 Å². The van der Waals surface area contributed by atoms with E-state index in [1.54, 1.807) is 11.8 Å². The fourth-order valence-electron chi connectivity index (χ4n) is 2.76. The quantitative estimate of drug-likeness (QED) is 0.542. The Bertz CT molecular complexity index is 961. The van der Waals surface area contributed by atoms with Crippen molar-refractivity contribution in [2.75, 3.05) is 5.75 Å². The van der Waals surface area contributed by atoms with Crippen LogP contribution in [-0.2, 0) is 6.54 Å². The number of amidine groups is 1. The van der Waals surface area contributed by atoms with Crippen molar-refractivity contribution in [3.63, 3.8) is 0 Å². The summed E-state index contributed by atoms with van der Waals surface area (Å²) in [5, 5.41) is 10.9. The van der Waals surface area contributed by atoms with Gasteiger partial charge in [0.15, 0.2) is 0 Å². The highest BCUT2D eigenvalue weighted by atomic mass is 32.2. The molecule has 0 aliphatic carbocycles. The van der Waals surface area contributed by atoms with E-state index in [1.807, 2.05) is 61.5 Å². The summed E-state index contributed by atoms with van der Waals surface area (Å²) in [5.41, 5.74) is 5.42. The molecule has 0 bridgehead atoms. The van der Waals surface area contributed by atoms with Crippen molar-refractivity contribution in [2.24, 2.45) is 16.0 Å². The third-order valence-corrected chi connectivity index (χ3v) is 5.24. The number of nitrogens with zero attached hydrogens (tertiary/aromatic N) is 5. The predicted octanol–water partition coefficient (Wildman–Crippen LogP) is 3.79. The van der Waals surface area contributed by atoms with E-state index in [-0.39, 0.29) is 0 Å². The van der Waals surface area contributed by atoms with Gasteiger partial charge in [-0.1, -0.05) is 53.7 Å². The Balaban J connectivity index is 0.000000253. The number of hydrazone groups is 2. The summed E-state index contributed by atoms with van der Waals surface area (Å²) < 4.78 is 2.08. The number of nitrogens with two attached hydrogens (primary N) is 1. The van der Waals surface area contributed by atoms with E-state index >= 15 is 0 Å². The second kappa shape index (κ2) is 8.73. The lowest BCUT2D eigenvalue weighted by Gasteiger charge is -2.24. The summed E-state index contributed by atoms with van der Waals surface area (Å²) in [7, 11) is 0. The second-order valence-corrected chi connectivity index (χ2v) is 7.26. The summed E-state index contributed by atoms with van der Waals surface area (Å²) >= 11 is 1.60. The van der Waals surface area contributed by atoms with Gasteiger partial charge in [0.25, 0.3) is 0 Å². The highest BCUT2D eigenvalue weighted by molar-refractivity contribution is 8.14. The van der Waals surface area contributed by atoms with E-state index in [2.05, 4.69) is 38.6 Å². The zero-order chi connectivity index (χ0) is 19.2. The van der Waals surface area contributed by atoms with Crippen LogP contribution in [0, 0.1) is 13.8 Å². The Labute approximate surface area is 163 Å². The molecular weight excluding hydrogens is 356 g/mol. The smallest absolute Gasteiger partial charge is 0.203 e. The molecule has 0 fully saturated rings. The molecule has 1 aliphatic heterocycles. The summed E-state index contributed by atoms with van der Waals surface area (Å²) in [6.07, 6.45) is 2.01. The molecule has 3 aromatic rings. The molecule has 4 rings (SSSR count). The van der Waals surface area contributed by atoms with Gasteiger partial charge in [-0.15, -0.1) is 0 Å². The molecule has 2 N–H and O–H groups in total. The Morgan fingerprint density at radius 1 is 1.07 bits per heavy atom. The Hall–Kier alpha value is -2.80. The lowest BCUT2D eigenvalue weighted by Crippen LogP contribution is -2.30. The van der Waals surface area contributed by atoms with Gasteiger partial charge in [-0.25, -0.2) is 9.99 Å². The number of thioether (sulfide) groups is 1. The molecular formula is C20H24N6S. The molecule has 0 unspecified atom stereocenters. The van der Waals surface area contributed by atoms with E-state index < -0.39 is 0 Å². The zero-order valence-corrected chi connectivity index (χ0v) is 16.6. The minimum atomic E-state index is 0.609. The molecule has 0 saturated heterocycles. The summed E-state index contributed by atoms with van der Waals surface area (Å²) in [6, 6.07) is 16.2. The summed E-state index contributed by atoms with van der Waals surface area (Å²) in [6.45, 7) is 6.71. The van der Waals surface area contributed by atoms with Gasteiger partial charge in [-0.05, 0) is 32.9 Å². The maximum Gasteiger partial charge on any atom is 0.203 e. The van der Waals surface area contributed by atoms with Crippen molar-refractivity contribution >= 4 is 28.3 Å². The van der Waals surface area contributed by atoms with Gasteiger partial charge in [-0.2, -0.15) is 10.2 Å². The van der Waals surface area contributed by atoms with Crippen molar-refractivity contribution in [1.29, 1.82) is 0 Å². The number of hydrogen-bond acceptors (Lipinski definition) is 5.